The van der Waals surface area contributed by atoms with E-state index >= 15 is 0 Å². The molecule has 4 heteroatoms. The summed E-state index contributed by atoms with van der Waals surface area (Å²) in [5.41, 5.74) is 10.2. The van der Waals surface area contributed by atoms with Crippen LogP contribution in [0, 0.1) is 0 Å². The van der Waals surface area contributed by atoms with Crippen LogP contribution in [-0.4, -0.2) is 24.4 Å². The first-order chi connectivity index (χ1) is 33.1. The molecular weight excluding hydrogens is 819 g/mol. The third-order valence-electron chi connectivity index (χ3n) is 13.3. The van der Waals surface area contributed by atoms with Gasteiger partial charge in [0.1, 0.15) is 16.8 Å². The van der Waals surface area contributed by atoms with E-state index in [1.54, 1.807) is 0 Å². The summed E-state index contributed by atoms with van der Waals surface area (Å²) < 4.78 is 23.4. The molecule has 0 radical (unpaired) electrons. The average molecular weight is 874 g/mol. The number of nitrogens with zero attached hydrogens (tertiary/aromatic N) is 1. The highest BCUT2D eigenvalue weighted by Gasteiger charge is 2.41. The van der Waals surface area contributed by atoms with E-state index in [4.69, 9.17) is 14.2 Å². The Bertz CT molecular complexity index is 2920. The van der Waals surface area contributed by atoms with Crippen molar-refractivity contribution in [1.82, 2.24) is 4.57 Å². The van der Waals surface area contributed by atoms with Gasteiger partial charge in [-0.15, -0.1) is 0 Å². The van der Waals surface area contributed by atoms with Gasteiger partial charge in [-0.25, -0.2) is 0 Å². The zero-order valence-corrected chi connectivity index (χ0v) is 38.4. The molecule has 0 amide bonds. The van der Waals surface area contributed by atoms with Gasteiger partial charge < -0.3 is 18.8 Å². The lowest BCUT2D eigenvalue weighted by Gasteiger charge is -2.36. The summed E-state index contributed by atoms with van der Waals surface area (Å²) in [5.74, 6) is 0. The van der Waals surface area contributed by atoms with Crippen LogP contribution >= 0.6 is 0 Å². The van der Waals surface area contributed by atoms with E-state index in [2.05, 4.69) is 268 Å². The summed E-state index contributed by atoms with van der Waals surface area (Å²) >= 11 is 0. The second-order valence-electron chi connectivity index (χ2n) is 16.9. The number of fused-ring (bicyclic) bond motifs is 3. The molecule has 0 spiro atoms. The first kappa shape index (κ1) is 43.5. The lowest BCUT2D eigenvalue weighted by atomic mass is 9.79. The Kier molecular flexibility index (Phi) is 12.3. The Morgan fingerprint density at radius 2 is 0.522 bits per heavy atom. The molecule has 330 valence electrons. The van der Waals surface area contributed by atoms with Crippen molar-refractivity contribution >= 4 is 21.8 Å². The van der Waals surface area contributed by atoms with E-state index in [-0.39, 0.29) is 0 Å². The molecule has 10 aromatic rings. The summed E-state index contributed by atoms with van der Waals surface area (Å²) in [5, 5.41) is 2.22. The zero-order valence-electron chi connectivity index (χ0n) is 38.4. The zero-order chi connectivity index (χ0) is 45.7. The van der Waals surface area contributed by atoms with Crippen molar-refractivity contribution in [3.05, 3.63) is 293 Å². The fourth-order valence-corrected chi connectivity index (χ4v) is 10.5. The maximum Gasteiger partial charge on any atom is 0.143 e. The molecule has 10 rings (SSSR count). The van der Waals surface area contributed by atoms with Gasteiger partial charge in [-0.3, -0.25) is 0 Å². The first-order valence-electron chi connectivity index (χ1n) is 23.5. The predicted molar refractivity (Wildman–Crippen MR) is 274 cm³/mol. The van der Waals surface area contributed by atoms with E-state index in [1.165, 1.54) is 0 Å². The Balaban J connectivity index is 1.25. The molecule has 9 aromatic carbocycles. The van der Waals surface area contributed by atoms with Crippen LogP contribution in [0.1, 0.15) is 70.8 Å². The van der Waals surface area contributed by atoms with E-state index in [1.807, 2.05) is 0 Å². The smallest absolute Gasteiger partial charge is 0.143 e. The van der Waals surface area contributed by atoms with Crippen molar-refractivity contribution in [2.24, 2.45) is 0 Å². The summed E-state index contributed by atoms with van der Waals surface area (Å²) in [6.07, 6.45) is 0. The van der Waals surface area contributed by atoms with Crippen LogP contribution in [0.15, 0.2) is 243 Å². The normalized spacial score (nSPS) is 12.2. The molecule has 67 heavy (non-hydrogen) atoms. The summed E-state index contributed by atoms with van der Waals surface area (Å²) in [4.78, 5) is 0. The second kappa shape index (κ2) is 18.9. The first-order valence-corrected chi connectivity index (χ1v) is 23.5. The molecule has 0 aliphatic carbocycles. The fraction of sp³-hybridized carbons (Fsp3) is 0.143. The number of hydrogen-bond donors (Lipinski definition) is 0. The molecule has 0 N–H and O–H groups in total. The highest BCUT2D eigenvalue weighted by Crippen LogP contribution is 2.47. The van der Waals surface area contributed by atoms with Crippen LogP contribution in [0.5, 0.6) is 0 Å². The number of hydrogen-bond acceptors (Lipinski definition) is 3. The van der Waals surface area contributed by atoms with Crippen molar-refractivity contribution in [3.63, 3.8) is 0 Å². The summed E-state index contributed by atoms with van der Waals surface area (Å²) in [7, 11) is 0. The maximum absolute atomic E-state index is 7.06. The number of benzene rings is 9. The van der Waals surface area contributed by atoms with Crippen LogP contribution in [0.3, 0.4) is 0 Å². The largest absolute Gasteiger partial charge is 0.361 e. The van der Waals surface area contributed by atoms with Gasteiger partial charge >= 0.3 is 0 Å². The molecule has 0 atom stereocenters. The van der Waals surface area contributed by atoms with Gasteiger partial charge in [0.2, 0.25) is 0 Å². The average Bonchev–Trinajstić information content (AvgIpc) is 3.73. The van der Waals surface area contributed by atoms with E-state index in [0.717, 1.165) is 77.6 Å². The highest BCUT2D eigenvalue weighted by molar-refractivity contribution is 6.10. The molecule has 0 unspecified atom stereocenters. The van der Waals surface area contributed by atoms with Crippen molar-refractivity contribution < 1.29 is 14.2 Å². The Morgan fingerprint density at radius 3 is 0.791 bits per heavy atom. The van der Waals surface area contributed by atoms with Crippen molar-refractivity contribution in [3.8, 4) is 5.69 Å². The molecule has 0 aliphatic rings. The van der Waals surface area contributed by atoms with Crippen molar-refractivity contribution in [2.45, 2.75) is 37.6 Å². The Morgan fingerprint density at radius 1 is 0.284 bits per heavy atom. The molecule has 0 saturated heterocycles. The van der Waals surface area contributed by atoms with Gasteiger partial charge in [0, 0.05) is 36.3 Å². The van der Waals surface area contributed by atoms with Gasteiger partial charge in [0.25, 0.3) is 0 Å². The van der Waals surface area contributed by atoms with Crippen LogP contribution in [0.25, 0.3) is 27.5 Å². The quantitative estimate of drug-likeness (QED) is 0.0907. The fourth-order valence-electron chi connectivity index (χ4n) is 10.5. The SMILES string of the molecule is CCOC(c1ccccc1)(c1ccccc1)c1ccc(-n2c3ccc(C(OCC)(c4ccccc4)c4ccccc4)cc3c3cc(C(OCC)(c4ccccc4)c4ccccc4)ccc32)cc1. The standard InChI is InChI=1S/C63H55NO3/c1-4-65-61(47-25-13-7-14-26-47,48-27-15-8-16-28-48)53-37-41-56(42-38-53)64-59-43-39-54(62(66-5-2,49-29-17-9-18-30-49)50-31-19-10-20-32-50)45-57(59)58-46-55(40-44-60(58)64)63(67-6-3,51-33-21-11-22-34-51)52-35-23-12-24-36-52/h7-46H,4-6H2,1-3H3. The highest BCUT2D eigenvalue weighted by atomic mass is 16.5. The maximum atomic E-state index is 7.06. The Hall–Kier alpha value is -7.34. The molecule has 0 saturated carbocycles. The molecule has 1 aromatic heterocycles. The summed E-state index contributed by atoms with van der Waals surface area (Å²) in [6, 6.07) is 86.4. The molecule has 0 fully saturated rings. The van der Waals surface area contributed by atoms with Crippen molar-refractivity contribution in [2.75, 3.05) is 19.8 Å². The molecule has 0 bridgehead atoms. The van der Waals surface area contributed by atoms with Gasteiger partial charge in [-0.2, -0.15) is 0 Å². The molecule has 1 heterocycles. The van der Waals surface area contributed by atoms with E-state index in [9.17, 15) is 0 Å². The predicted octanol–water partition coefficient (Wildman–Crippen LogP) is 14.8. The van der Waals surface area contributed by atoms with Gasteiger partial charge in [0.05, 0.1) is 11.0 Å². The third kappa shape index (κ3) is 7.48. The third-order valence-corrected chi connectivity index (χ3v) is 13.3. The minimum Gasteiger partial charge on any atom is -0.361 e. The minimum absolute atomic E-state index is 0.514. The van der Waals surface area contributed by atoms with E-state index in [0.29, 0.717) is 19.8 Å². The van der Waals surface area contributed by atoms with Crippen LogP contribution < -0.4 is 0 Å². The molecule has 4 nitrogen and oxygen atoms in total. The topological polar surface area (TPSA) is 32.6 Å². The van der Waals surface area contributed by atoms with Crippen molar-refractivity contribution in [1.29, 1.82) is 0 Å². The van der Waals surface area contributed by atoms with E-state index < -0.39 is 16.8 Å². The van der Waals surface area contributed by atoms with Gasteiger partial charge in [0.15, 0.2) is 0 Å². The monoisotopic (exact) mass is 873 g/mol. The molecule has 0 aliphatic heterocycles. The van der Waals surface area contributed by atoms with Crippen LogP contribution in [-0.2, 0) is 31.0 Å². The lowest BCUT2D eigenvalue weighted by molar-refractivity contribution is 0.0215. The second-order valence-corrected chi connectivity index (χ2v) is 16.9. The van der Waals surface area contributed by atoms with Crippen LogP contribution in [0.4, 0.5) is 0 Å². The molecular formula is C63H55NO3. The van der Waals surface area contributed by atoms with Gasteiger partial charge in [-0.1, -0.05) is 206 Å². The summed E-state index contributed by atoms with van der Waals surface area (Å²) in [6.45, 7) is 7.80. The van der Waals surface area contributed by atoms with Crippen LogP contribution in [0.2, 0.25) is 0 Å². The Labute approximate surface area is 394 Å². The number of ether oxygens (including phenoxy) is 3. The lowest BCUT2D eigenvalue weighted by Crippen LogP contribution is -2.33. The number of aromatic nitrogens is 1. The number of rotatable bonds is 16. The van der Waals surface area contributed by atoms with Gasteiger partial charge in [-0.05, 0) is 107 Å². The minimum atomic E-state index is -0.875.